The fraction of sp³-hybridized carbons (Fsp3) is 0.600. The molecular weight excluding hydrogens is 448 g/mol. The standard InChI is InChI=1S/C20H26O13/c1-9(21)28-8-16(30-11(3)23)18(32-13(5)25)19-17(31-12(4)24)14(29-10(2)22)7-15(33-19)20(26)27-6/h7,14,16-19H,8H2,1-6H3/t14-,16+,17+,18+,19+/m0/s1. The Kier molecular flexibility index (Phi) is 10.3. The Morgan fingerprint density at radius 1 is 0.848 bits per heavy atom. The van der Waals surface area contributed by atoms with E-state index in [4.69, 9.17) is 28.4 Å². The maximum absolute atomic E-state index is 12.2. The van der Waals surface area contributed by atoms with Crippen molar-refractivity contribution in [3.05, 3.63) is 11.8 Å². The molecule has 0 fully saturated rings. The number of carbonyl (C=O) groups excluding carboxylic acids is 6. The van der Waals surface area contributed by atoms with Gasteiger partial charge in [-0.05, 0) is 0 Å². The summed E-state index contributed by atoms with van der Waals surface area (Å²) in [5.41, 5.74) is 0. The van der Waals surface area contributed by atoms with Gasteiger partial charge >= 0.3 is 35.8 Å². The topological polar surface area (TPSA) is 167 Å². The van der Waals surface area contributed by atoms with Crippen molar-refractivity contribution in [1.29, 1.82) is 0 Å². The number of hydrogen-bond donors (Lipinski definition) is 0. The van der Waals surface area contributed by atoms with E-state index >= 15 is 0 Å². The minimum absolute atomic E-state index is 0.455. The molecule has 0 spiro atoms. The van der Waals surface area contributed by atoms with Crippen molar-refractivity contribution in [2.24, 2.45) is 0 Å². The van der Waals surface area contributed by atoms with Crippen LogP contribution in [0.5, 0.6) is 0 Å². The molecule has 0 saturated heterocycles. The molecule has 0 aliphatic carbocycles. The lowest BCUT2D eigenvalue weighted by Gasteiger charge is -2.40. The fourth-order valence-corrected chi connectivity index (χ4v) is 2.93. The largest absolute Gasteiger partial charge is 0.475 e. The predicted molar refractivity (Wildman–Crippen MR) is 104 cm³/mol. The number of rotatable bonds is 9. The highest BCUT2D eigenvalue weighted by atomic mass is 16.6. The van der Waals surface area contributed by atoms with E-state index in [1.54, 1.807) is 0 Å². The first-order chi connectivity index (χ1) is 15.3. The summed E-state index contributed by atoms with van der Waals surface area (Å²) in [5.74, 6) is -5.49. The molecule has 0 unspecified atom stereocenters. The molecule has 0 amide bonds. The van der Waals surface area contributed by atoms with E-state index in [-0.39, 0.29) is 0 Å². The third-order valence-corrected chi connectivity index (χ3v) is 3.98. The molecular formula is C20H26O13. The van der Waals surface area contributed by atoms with Crippen LogP contribution < -0.4 is 0 Å². The van der Waals surface area contributed by atoms with E-state index < -0.39 is 78.7 Å². The zero-order chi connectivity index (χ0) is 25.3. The average Bonchev–Trinajstić information content (AvgIpc) is 2.68. The van der Waals surface area contributed by atoms with Crippen LogP contribution >= 0.6 is 0 Å². The van der Waals surface area contributed by atoms with Gasteiger partial charge in [0, 0.05) is 40.7 Å². The van der Waals surface area contributed by atoms with Gasteiger partial charge in [-0.15, -0.1) is 0 Å². The molecule has 0 saturated carbocycles. The molecule has 1 aliphatic rings. The van der Waals surface area contributed by atoms with Crippen LogP contribution in [0.4, 0.5) is 0 Å². The number of ether oxygens (including phenoxy) is 7. The summed E-state index contributed by atoms with van der Waals surface area (Å²) in [6.07, 6.45) is -6.37. The number of methoxy groups -OCH3 is 1. The van der Waals surface area contributed by atoms with Crippen LogP contribution in [0.25, 0.3) is 0 Å². The molecule has 0 aromatic rings. The molecule has 0 bridgehead atoms. The van der Waals surface area contributed by atoms with Crippen LogP contribution in [0, 0.1) is 0 Å². The predicted octanol–water partition coefficient (Wildman–Crippen LogP) is -0.268. The first-order valence-electron chi connectivity index (χ1n) is 9.64. The molecule has 184 valence electrons. The monoisotopic (exact) mass is 474 g/mol. The smallest absolute Gasteiger partial charge is 0.373 e. The molecule has 13 nitrogen and oxygen atoms in total. The van der Waals surface area contributed by atoms with Crippen LogP contribution in [-0.4, -0.2) is 80.1 Å². The second-order valence-corrected chi connectivity index (χ2v) is 6.78. The Morgan fingerprint density at radius 2 is 1.42 bits per heavy atom. The molecule has 1 heterocycles. The van der Waals surface area contributed by atoms with Crippen LogP contribution in [0.2, 0.25) is 0 Å². The van der Waals surface area contributed by atoms with Crippen molar-refractivity contribution in [2.45, 2.75) is 65.1 Å². The van der Waals surface area contributed by atoms with E-state index in [0.29, 0.717) is 0 Å². The molecule has 33 heavy (non-hydrogen) atoms. The Labute approximate surface area is 189 Å². The highest BCUT2D eigenvalue weighted by Gasteiger charge is 2.50. The van der Waals surface area contributed by atoms with Gasteiger partial charge in [-0.2, -0.15) is 0 Å². The van der Waals surface area contributed by atoms with E-state index in [1.165, 1.54) is 0 Å². The molecule has 1 rings (SSSR count). The highest BCUT2D eigenvalue weighted by molar-refractivity contribution is 5.86. The van der Waals surface area contributed by atoms with Gasteiger partial charge in [0.2, 0.25) is 5.76 Å². The van der Waals surface area contributed by atoms with Gasteiger partial charge in [-0.25, -0.2) is 4.79 Å². The van der Waals surface area contributed by atoms with Gasteiger partial charge in [0.25, 0.3) is 0 Å². The summed E-state index contributed by atoms with van der Waals surface area (Å²) in [6, 6.07) is 0. The molecule has 1 aliphatic heterocycles. The summed E-state index contributed by atoms with van der Waals surface area (Å²) in [4.78, 5) is 70.4. The summed E-state index contributed by atoms with van der Waals surface area (Å²) < 4.78 is 36.0. The Bertz CT molecular complexity index is 815. The molecule has 13 heteroatoms. The van der Waals surface area contributed by atoms with Gasteiger partial charge in [0.05, 0.1) is 7.11 Å². The Morgan fingerprint density at radius 3 is 1.88 bits per heavy atom. The zero-order valence-electron chi connectivity index (χ0n) is 19.0. The first-order valence-corrected chi connectivity index (χ1v) is 9.64. The Balaban J connectivity index is 3.58. The summed E-state index contributed by atoms with van der Waals surface area (Å²) >= 11 is 0. The summed E-state index contributed by atoms with van der Waals surface area (Å²) in [6.45, 7) is 4.75. The molecule has 0 N–H and O–H groups in total. The van der Waals surface area contributed by atoms with E-state index in [9.17, 15) is 28.8 Å². The maximum Gasteiger partial charge on any atom is 0.373 e. The van der Waals surface area contributed by atoms with Crippen molar-refractivity contribution < 1.29 is 61.9 Å². The lowest BCUT2D eigenvalue weighted by molar-refractivity contribution is -0.209. The van der Waals surface area contributed by atoms with Gasteiger partial charge in [0.15, 0.2) is 30.5 Å². The minimum atomic E-state index is -1.58. The maximum atomic E-state index is 12.2. The normalized spacial score (nSPS) is 21.2. The van der Waals surface area contributed by atoms with Crippen LogP contribution in [0.1, 0.15) is 34.6 Å². The third kappa shape index (κ3) is 8.79. The number of esters is 6. The van der Waals surface area contributed by atoms with E-state index in [2.05, 4.69) is 4.74 Å². The van der Waals surface area contributed by atoms with Gasteiger partial charge < -0.3 is 33.2 Å². The third-order valence-electron chi connectivity index (χ3n) is 3.98. The van der Waals surface area contributed by atoms with E-state index in [0.717, 1.165) is 47.8 Å². The van der Waals surface area contributed by atoms with Gasteiger partial charge in [-0.3, -0.25) is 24.0 Å². The van der Waals surface area contributed by atoms with Gasteiger partial charge in [0.1, 0.15) is 6.61 Å². The van der Waals surface area contributed by atoms with Crippen molar-refractivity contribution in [2.75, 3.05) is 13.7 Å². The molecule has 0 aromatic heterocycles. The minimum Gasteiger partial charge on any atom is -0.475 e. The lowest BCUT2D eigenvalue weighted by atomic mass is 9.95. The second-order valence-electron chi connectivity index (χ2n) is 6.78. The Hall–Kier alpha value is -3.64. The first kappa shape index (κ1) is 27.4. The van der Waals surface area contributed by atoms with Crippen LogP contribution in [0.15, 0.2) is 11.8 Å². The lowest BCUT2D eigenvalue weighted by Crippen LogP contribution is -2.57. The second kappa shape index (κ2) is 12.4. The van der Waals surface area contributed by atoms with Crippen molar-refractivity contribution in [1.82, 2.24) is 0 Å². The number of hydrogen-bond acceptors (Lipinski definition) is 13. The van der Waals surface area contributed by atoms with Crippen molar-refractivity contribution in [3.63, 3.8) is 0 Å². The summed E-state index contributed by atoms with van der Waals surface area (Å²) in [7, 11) is 1.06. The van der Waals surface area contributed by atoms with Crippen molar-refractivity contribution in [3.8, 4) is 0 Å². The molecule has 0 aromatic carbocycles. The van der Waals surface area contributed by atoms with Crippen LogP contribution in [-0.2, 0) is 61.9 Å². The molecule has 0 radical (unpaired) electrons. The SMILES string of the molecule is COC(=O)C1=C[C@H](OC(C)=O)[C@@H](OC(C)=O)[C@H]([C@H](OC(C)=O)[C@@H](COC(C)=O)OC(C)=O)O1. The van der Waals surface area contributed by atoms with E-state index in [1.807, 2.05) is 0 Å². The van der Waals surface area contributed by atoms with Crippen LogP contribution in [0.3, 0.4) is 0 Å². The van der Waals surface area contributed by atoms with Crippen molar-refractivity contribution >= 4 is 35.8 Å². The average molecular weight is 474 g/mol. The highest BCUT2D eigenvalue weighted by Crippen LogP contribution is 2.30. The quantitative estimate of drug-likeness (QED) is 0.317. The zero-order valence-corrected chi connectivity index (χ0v) is 19.0. The fourth-order valence-electron chi connectivity index (χ4n) is 2.93. The number of carbonyl (C=O) groups is 6. The summed E-state index contributed by atoms with van der Waals surface area (Å²) in [5, 5.41) is 0. The molecule has 5 atom stereocenters. The van der Waals surface area contributed by atoms with Gasteiger partial charge in [-0.1, -0.05) is 0 Å².